The molecule has 24 heavy (non-hydrogen) atoms. The summed E-state index contributed by atoms with van der Waals surface area (Å²) < 4.78 is 0. The molecule has 0 radical (unpaired) electrons. The standard InChI is InChI=1S/C19H25N3OS/c1-2-16-13-24-18(21-16)15-9-6-10-22(12-15)19(23)17(20)11-14-7-4-3-5-8-14/h3-5,7-8,13,15,17H,2,6,9-12,20H2,1H3. The monoisotopic (exact) mass is 343 g/mol. The molecule has 2 unspecified atom stereocenters. The highest BCUT2D eigenvalue weighted by Crippen LogP contribution is 2.29. The highest BCUT2D eigenvalue weighted by atomic mass is 32.1. The molecule has 1 aliphatic heterocycles. The van der Waals surface area contributed by atoms with Gasteiger partial charge in [0.2, 0.25) is 5.91 Å². The third-order valence-corrected chi connectivity index (χ3v) is 5.69. The number of nitrogens with zero attached hydrogens (tertiary/aromatic N) is 2. The maximum absolute atomic E-state index is 12.7. The molecule has 2 aromatic rings. The van der Waals surface area contributed by atoms with E-state index < -0.39 is 6.04 Å². The van der Waals surface area contributed by atoms with Gasteiger partial charge in [-0.05, 0) is 31.2 Å². The van der Waals surface area contributed by atoms with Crippen LogP contribution in [-0.4, -0.2) is 34.9 Å². The summed E-state index contributed by atoms with van der Waals surface area (Å²) in [6.07, 6.45) is 3.69. The molecular formula is C19H25N3OS. The van der Waals surface area contributed by atoms with Crippen LogP contribution in [0.25, 0.3) is 0 Å². The number of benzene rings is 1. The van der Waals surface area contributed by atoms with Gasteiger partial charge in [0.25, 0.3) is 0 Å². The van der Waals surface area contributed by atoms with Gasteiger partial charge >= 0.3 is 0 Å². The summed E-state index contributed by atoms with van der Waals surface area (Å²) in [4.78, 5) is 19.4. The molecule has 0 aliphatic carbocycles. The Labute approximate surface area is 147 Å². The predicted molar refractivity (Wildman–Crippen MR) is 98.2 cm³/mol. The molecule has 2 atom stereocenters. The largest absolute Gasteiger partial charge is 0.341 e. The van der Waals surface area contributed by atoms with E-state index in [1.165, 1.54) is 5.01 Å². The first-order valence-electron chi connectivity index (χ1n) is 8.70. The van der Waals surface area contributed by atoms with E-state index in [4.69, 9.17) is 10.7 Å². The van der Waals surface area contributed by atoms with E-state index in [1.807, 2.05) is 35.2 Å². The molecule has 2 heterocycles. The highest BCUT2D eigenvalue weighted by molar-refractivity contribution is 7.09. The van der Waals surface area contributed by atoms with Crippen molar-refractivity contribution in [2.75, 3.05) is 13.1 Å². The lowest BCUT2D eigenvalue weighted by atomic mass is 9.97. The van der Waals surface area contributed by atoms with E-state index in [9.17, 15) is 4.79 Å². The van der Waals surface area contributed by atoms with Gasteiger partial charge in [-0.2, -0.15) is 0 Å². The minimum absolute atomic E-state index is 0.0656. The van der Waals surface area contributed by atoms with Gasteiger partial charge in [-0.25, -0.2) is 4.98 Å². The Bertz CT molecular complexity index is 670. The van der Waals surface area contributed by atoms with Gasteiger partial charge in [0, 0.05) is 24.4 Å². The van der Waals surface area contributed by atoms with Crippen LogP contribution >= 0.6 is 11.3 Å². The lowest BCUT2D eigenvalue weighted by Crippen LogP contribution is -2.48. The molecule has 2 N–H and O–H groups in total. The molecular weight excluding hydrogens is 318 g/mol. The van der Waals surface area contributed by atoms with Gasteiger partial charge in [-0.1, -0.05) is 37.3 Å². The van der Waals surface area contributed by atoms with Gasteiger partial charge in [-0.15, -0.1) is 11.3 Å². The summed E-state index contributed by atoms with van der Waals surface area (Å²) in [5, 5.41) is 3.30. The first-order chi connectivity index (χ1) is 11.7. The highest BCUT2D eigenvalue weighted by Gasteiger charge is 2.29. The number of carbonyl (C=O) groups is 1. The van der Waals surface area contributed by atoms with Crippen molar-refractivity contribution in [2.24, 2.45) is 5.73 Å². The number of hydrogen-bond donors (Lipinski definition) is 1. The number of likely N-dealkylation sites (tertiary alicyclic amines) is 1. The number of piperidine rings is 1. The average Bonchev–Trinajstić information content (AvgIpc) is 3.11. The van der Waals surface area contributed by atoms with Crippen LogP contribution in [-0.2, 0) is 17.6 Å². The zero-order chi connectivity index (χ0) is 16.9. The van der Waals surface area contributed by atoms with Crippen LogP contribution in [0.4, 0.5) is 0 Å². The van der Waals surface area contributed by atoms with E-state index in [0.717, 1.165) is 43.6 Å². The van der Waals surface area contributed by atoms with Gasteiger partial charge in [0.1, 0.15) is 0 Å². The van der Waals surface area contributed by atoms with Crippen LogP contribution in [0.15, 0.2) is 35.7 Å². The first kappa shape index (κ1) is 17.1. The summed E-state index contributed by atoms with van der Waals surface area (Å²) in [6, 6.07) is 9.52. The molecule has 1 fully saturated rings. The van der Waals surface area contributed by atoms with Crippen LogP contribution in [0.3, 0.4) is 0 Å². The molecule has 128 valence electrons. The number of aryl methyl sites for hydroxylation is 1. The summed E-state index contributed by atoms with van der Waals surface area (Å²) in [5.74, 6) is 0.424. The number of carbonyl (C=O) groups excluding carboxylic acids is 1. The van der Waals surface area contributed by atoms with Crippen molar-refractivity contribution in [1.29, 1.82) is 0 Å². The van der Waals surface area contributed by atoms with Crippen molar-refractivity contribution in [2.45, 2.75) is 44.6 Å². The fourth-order valence-corrected chi connectivity index (χ4v) is 4.27. The SMILES string of the molecule is CCc1csc(C2CCCN(C(=O)C(N)Cc3ccccc3)C2)n1. The summed E-state index contributed by atoms with van der Waals surface area (Å²) >= 11 is 1.73. The van der Waals surface area contributed by atoms with Crippen molar-refractivity contribution < 1.29 is 4.79 Å². The summed E-state index contributed by atoms with van der Waals surface area (Å²) in [5.41, 5.74) is 8.45. The Morgan fingerprint density at radius 2 is 2.21 bits per heavy atom. The first-order valence-corrected chi connectivity index (χ1v) is 9.58. The Morgan fingerprint density at radius 1 is 1.42 bits per heavy atom. The van der Waals surface area contributed by atoms with Crippen LogP contribution in [0.5, 0.6) is 0 Å². The van der Waals surface area contributed by atoms with E-state index in [2.05, 4.69) is 12.3 Å². The quantitative estimate of drug-likeness (QED) is 0.908. The topological polar surface area (TPSA) is 59.2 Å². The van der Waals surface area contributed by atoms with Gasteiger partial charge in [-0.3, -0.25) is 4.79 Å². The fraction of sp³-hybridized carbons (Fsp3) is 0.474. The molecule has 0 spiro atoms. The fourth-order valence-electron chi connectivity index (χ4n) is 3.24. The van der Waals surface area contributed by atoms with E-state index >= 15 is 0 Å². The minimum atomic E-state index is -0.464. The van der Waals surface area contributed by atoms with E-state index in [0.29, 0.717) is 12.3 Å². The minimum Gasteiger partial charge on any atom is -0.341 e. The molecule has 1 aromatic carbocycles. The van der Waals surface area contributed by atoms with Crippen LogP contribution in [0.2, 0.25) is 0 Å². The van der Waals surface area contributed by atoms with Crippen LogP contribution in [0.1, 0.15) is 41.9 Å². The maximum atomic E-state index is 12.7. The number of hydrogen-bond acceptors (Lipinski definition) is 4. The number of amides is 1. The lowest BCUT2D eigenvalue weighted by Gasteiger charge is -2.33. The molecule has 1 aromatic heterocycles. The van der Waals surface area contributed by atoms with Crippen molar-refractivity contribution in [3.05, 3.63) is 52.0 Å². The van der Waals surface area contributed by atoms with Crippen molar-refractivity contribution >= 4 is 17.2 Å². The molecule has 4 nitrogen and oxygen atoms in total. The van der Waals surface area contributed by atoms with Crippen LogP contribution in [0, 0.1) is 0 Å². The molecule has 1 amide bonds. The molecule has 1 aliphatic rings. The predicted octanol–water partition coefficient (Wildman–Crippen LogP) is 2.98. The number of nitrogens with two attached hydrogens (primary N) is 1. The third kappa shape index (κ3) is 4.02. The van der Waals surface area contributed by atoms with Crippen LogP contribution < -0.4 is 5.73 Å². The molecule has 1 saturated heterocycles. The molecule has 5 heteroatoms. The second-order valence-corrected chi connectivity index (χ2v) is 7.34. The van der Waals surface area contributed by atoms with Gasteiger partial charge in [0.15, 0.2) is 0 Å². The Balaban J connectivity index is 1.62. The van der Waals surface area contributed by atoms with Gasteiger partial charge in [0.05, 0.1) is 16.7 Å². The zero-order valence-electron chi connectivity index (χ0n) is 14.1. The van der Waals surface area contributed by atoms with E-state index in [-0.39, 0.29) is 5.91 Å². The second-order valence-electron chi connectivity index (χ2n) is 6.45. The molecule has 3 rings (SSSR count). The Hall–Kier alpha value is -1.72. The average molecular weight is 343 g/mol. The normalized spacial score (nSPS) is 19.2. The van der Waals surface area contributed by atoms with Gasteiger partial charge < -0.3 is 10.6 Å². The molecule has 0 bridgehead atoms. The Kier molecular flexibility index (Phi) is 5.63. The lowest BCUT2D eigenvalue weighted by molar-refractivity contribution is -0.133. The number of aromatic nitrogens is 1. The number of thiazole rings is 1. The zero-order valence-corrected chi connectivity index (χ0v) is 15.0. The molecule has 0 saturated carbocycles. The number of rotatable bonds is 5. The van der Waals surface area contributed by atoms with Crippen molar-refractivity contribution in [3.8, 4) is 0 Å². The summed E-state index contributed by atoms with van der Waals surface area (Å²) in [7, 11) is 0. The van der Waals surface area contributed by atoms with Crippen molar-refractivity contribution in [1.82, 2.24) is 9.88 Å². The third-order valence-electron chi connectivity index (χ3n) is 4.63. The smallest absolute Gasteiger partial charge is 0.239 e. The Morgan fingerprint density at radius 3 is 2.92 bits per heavy atom. The maximum Gasteiger partial charge on any atom is 0.239 e. The second kappa shape index (κ2) is 7.90. The van der Waals surface area contributed by atoms with Crippen molar-refractivity contribution in [3.63, 3.8) is 0 Å². The van der Waals surface area contributed by atoms with E-state index in [1.54, 1.807) is 11.3 Å². The summed E-state index contributed by atoms with van der Waals surface area (Å²) in [6.45, 7) is 3.68.